The minimum atomic E-state index is -4.15. The number of hydrogen-bond acceptors (Lipinski definition) is 6. The Morgan fingerprint density at radius 3 is 2.41 bits per heavy atom. The maximum atomic E-state index is 11.6. The molecule has 2 rings (SSSR count). The van der Waals surface area contributed by atoms with Crippen LogP contribution in [0, 0.1) is 10.1 Å². The van der Waals surface area contributed by atoms with Crippen molar-refractivity contribution in [2.45, 2.75) is 4.90 Å². The number of non-ortho nitro benzene ring substituents is 1. The molecule has 0 aliphatic rings. The Kier molecular flexibility index (Phi) is 4.22. The van der Waals surface area contributed by atoms with E-state index in [9.17, 15) is 18.5 Å². The number of nitrogens with zero attached hydrogens (tertiary/aromatic N) is 1. The summed E-state index contributed by atoms with van der Waals surface area (Å²) in [5.74, 6) is 0. The van der Waals surface area contributed by atoms with Crippen LogP contribution in [0.5, 0.6) is 0 Å². The van der Waals surface area contributed by atoms with Crippen molar-refractivity contribution in [1.82, 2.24) is 0 Å². The predicted octanol–water partition coefficient (Wildman–Crippen LogP) is 2.22. The molecule has 2 aromatic rings. The SMILES string of the molecule is Nc1ccc(Nc2ccc([N+](=O)[O-])cc2S(N)(=O)=O)cc1Cl. The molecule has 0 bridgehead atoms. The van der Waals surface area contributed by atoms with Gasteiger partial charge in [-0.2, -0.15) is 0 Å². The molecule has 0 spiro atoms. The van der Waals surface area contributed by atoms with Gasteiger partial charge in [-0.25, -0.2) is 13.6 Å². The van der Waals surface area contributed by atoms with Crippen LogP contribution in [0.2, 0.25) is 5.02 Å². The van der Waals surface area contributed by atoms with Crippen LogP contribution < -0.4 is 16.2 Å². The van der Waals surface area contributed by atoms with Crippen molar-refractivity contribution in [1.29, 1.82) is 0 Å². The van der Waals surface area contributed by atoms with Crippen molar-refractivity contribution >= 4 is 44.4 Å². The van der Waals surface area contributed by atoms with E-state index in [-0.39, 0.29) is 16.4 Å². The molecule has 8 nitrogen and oxygen atoms in total. The van der Waals surface area contributed by atoms with Crippen molar-refractivity contribution in [2.75, 3.05) is 11.1 Å². The number of nitrogens with two attached hydrogens (primary N) is 2. The Morgan fingerprint density at radius 2 is 1.86 bits per heavy atom. The summed E-state index contributed by atoms with van der Waals surface area (Å²) >= 11 is 5.88. The van der Waals surface area contributed by atoms with Crippen molar-refractivity contribution in [2.24, 2.45) is 5.14 Å². The lowest BCUT2D eigenvalue weighted by atomic mass is 10.2. The minimum Gasteiger partial charge on any atom is -0.398 e. The molecule has 0 radical (unpaired) electrons. The van der Waals surface area contributed by atoms with Crippen LogP contribution in [0.3, 0.4) is 0 Å². The summed E-state index contributed by atoms with van der Waals surface area (Å²) in [5, 5.41) is 18.9. The average molecular weight is 343 g/mol. The molecule has 5 N–H and O–H groups in total. The van der Waals surface area contributed by atoms with Crippen LogP contribution in [0.4, 0.5) is 22.7 Å². The van der Waals surface area contributed by atoms with Crippen LogP contribution in [0.25, 0.3) is 0 Å². The molecular weight excluding hydrogens is 332 g/mol. The molecule has 0 saturated heterocycles. The van der Waals surface area contributed by atoms with Gasteiger partial charge >= 0.3 is 0 Å². The Labute approximate surface area is 130 Å². The Balaban J connectivity index is 2.50. The van der Waals surface area contributed by atoms with Gasteiger partial charge in [0, 0.05) is 17.8 Å². The normalized spacial score (nSPS) is 11.2. The zero-order valence-electron chi connectivity index (χ0n) is 11.0. The van der Waals surface area contributed by atoms with E-state index in [1.165, 1.54) is 18.2 Å². The van der Waals surface area contributed by atoms with E-state index < -0.39 is 19.8 Å². The van der Waals surface area contributed by atoms with Gasteiger partial charge in [-0.15, -0.1) is 0 Å². The van der Waals surface area contributed by atoms with E-state index in [0.717, 1.165) is 12.1 Å². The lowest BCUT2D eigenvalue weighted by molar-refractivity contribution is -0.385. The zero-order valence-corrected chi connectivity index (χ0v) is 12.6. The molecular formula is C12H11ClN4O4S. The molecule has 0 aliphatic heterocycles. The summed E-state index contributed by atoms with van der Waals surface area (Å²) in [6.07, 6.45) is 0. The summed E-state index contributed by atoms with van der Waals surface area (Å²) in [6.45, 7) is 0. The Bertz CT molecular complexity index is 854. The van der Waals surface area contributed by atoms with Gasteiger partial charge in [-0.05, 0) is 24.3 Å². The first-order valence-electron chi connectivity index (χ1n) is 5.82. The molecule has 22 heavy (non-hydrogen) atoms. The van der Waals surface area contributed by atoms with Gasteiger partial charge in [0.15, 0.2) is 0 Å². The number of benzene rings is 2. The van der Waals surface area contributed by atoms with E-state index in [0.29, 0.717) is 11.4 Å². The molecule has 0 fully saturated rings. The molecule has 0 amide bonds. The summed E-state index contributed by atoms with van der Waals surface area (Å²) < 4.78 is 23.2. The third-order valence-corrected chi connectivity index (χ3v) is 4.04. The number of nitro benzene ring substituents is 1. The first kappa shape index (κ1) is 16.0. The number of sulfonamides is 1. The topological polar surface area (TPSA) is 141 Å². The highest BCUT2D eigenvalue weighted by Gasteiger charge is 2.19. The van der Waals surface area contributed by atoms with Crippen LogP contribution in [-0.2, 0) is 10.0 Å². The van der Waals surface area contributed by atoms with Crippen LogP contribution in [0.1, 0.15) is 0 Å². The Morgan fingerprint density at radius 1 is 1.18 bits per heavy atom. The first-order valence-corrected chi connectivity index (χ1v) is 7.74. The standard InChI is InChI=1S/C12H11ClN4O4S/c13-9-5-7(1-3-10(9)14)16-11-4-2-8(17(18)19)6-12(11)22(15,20)21/h1-6,16H,14H2,(H2,15,20,21). The lowest BCUT2D eigenvalue weighted by Crippen LogP contribution is -2.14. The third kappa shape index (κ3) is 3.45. The van der Waals surface area contributed by atoms with Gasteiger partial charge in [0.1, 0.15) is 4.90 Å². The van der Waals surface area contributed by atoms with Crippen molar-refractivity contribution in [3.63, 3.8) is 0 Å². The molecule has 0 unspecified atom stereocenters. The molecule has 0 aliphatic carbocycles. The van der Waals surface area contributed by atoms with E-state index in [1.807, 2.05) is 0 Å². The van der Waals surface area contributed by atoms with Gasteiger partial charge in [0.2, 0.25) is 10.0 Å². The van der Waals surface area contributed by atoms with Gasteiger partial charge in [0.05, 0.1) is 21.3 Å². The van der Waals surface area contributed by atoms with E-state index in [1.54, 1.807) is 6.07 Å². The fraction of sp³-hybridized carbons (Fsp3) is 0. The highest BCUT2D eigenvalue weighted by atomic mass is 35.5. The Hall–Kier alpha value is -2.36. The van der Waals surface area contributed by atoms with Crippen molar-refractivity contribution in [3.8, 4) is 0 Å². The van der Waals surface area contributed by atoms with Gasteiger partial charge in [-0.3, -0.25) is 10.1 Å². The molecule has 116 valence electrons. The summed E-state index contributed by atoms with van der Waals surface area (Å²) in [5.41, 5.74) is 6.11. The van der Waals surface area contributed by atoms with Crippen LogP contribution >= 0.6 is 11.6 Å². The molecule has 0 heterocycles. The molecule has 0 atom stereocenters. The summed E-state index contributed by atoms with van der Waals surface area (Å²) in [4.78, 5) is 9.65. The lowest BCUT2D eigenvalue weighted by Gasteiger charge is -2.11. The minimum absolute atomic E-state index is 0.0916. The number of nitro groups is 1. The summed E-state index contributed by atoms with van der Waals surface area (Å²) in [6, 6.07) is 7.90. The summed E-state index contributed by atoms with van der Waals surface area (Å²) in [7, 11) is -4.15. The van der Waals surface area contributed by atoms with Gasteiger partial charge < -0.3 is 11.1 Å². The first-order chi connectivity index (χ1) is 10.2. The van der Waals surface area contributed by atoms with Gasteiger partial charge in [0.25, 0.3) is 5.69 Å². The number of hydrogen-bond donors (Lipinski definition) is 3. The number of nitrogens with one attached hydrogen (secondary N) is 1. The third-order valence-electron chi connectivity index (χ3n) is 2.76. The van der Waals surface area contributed by atoms with Crippen LogP contribution in [-0.4, -0.2) is 13.3 Å². The smallest absolute Gasteiger partial charge is 0.270 e. The van der Waals surface area contributed by atoms with Gasteiger partial charge in [-0.1, -0.05) is 11.6 Å². The largest absolute Gasteiger partial charge is 0.398 e. The second-order valence-corrected chi connectivity index (χ2v) is 6.28. The fourth-order valence-corrected chi connectivity index (χ4v) is 2.61. The monoisotopic (exact) mass is 342 g/mol. The second kappa shape index (κ2) is 5.79. The maximum Gasteiger partial charge on any atom is 0.270 e. The fourth-order valence-electron chi connectivity index (χ4n) is 1.72. The molecule has 0 saturated carbocycles. The predicted molar refractivity (Wildman–Crippen MR) is 83.6 cm³/mol. The highest BCUT2D eigenvalue weighted by molar-refractivity contribution is 7.89. The maximum absolute atomic E-state index is 11.6. The number of rotatable bonds is 4. The number of anilines is 3. The number of primary sulfonamides is 1. The molecule has 0 aromatic heterocycles. The molecule has 2 aromatic carbocycles. The number of nitrogen functional groups attached to an aromatic ring is 1. The quantitative estimate of drug-likeness (QED) is 0.442. The second-order valence-electron chi connectivity index (χ2n) is 4.34. The van der Waals surface area contributed by atoms with E-state index in [4.69, 9.17) is 22.5 Å². The number of halogens is 1. The van der Waals surface area contributed by atoms with E-state index in [2.05, 4.69) is 5.32 Å². The van der Waals surface area contributed by atoms with E-state index >= 15 is 0 Å². The van der Waals surface area contributed by atoms with Crippen molar-refractivity contribution < 1.29 is 13.3 Å². The zero-order chi connectivity index (χ0) is 16.5. The average Bonchev–Trinajstić information content (AvgIpc) is 2.42. The van der Waals surface area contributed by atoms with Crippen molar-refractivity contribution in [3.05, 3.63) is 51.5 Å². The highest BCUT2D eigenvalue weighted by Crippen LogP contribution is 2.30. The molecule has 10 heteroatoms. The van der Waals surface area contributed by atoms with Crippen LogP contribution in [0.15, 0.2) is 41.3 Å².